The van der Waals surface area contributed by atoms with Crippen LogP contribution in [0, 0.1) is 5.92 Å². The van der Waals surface area contributed by atoms with Gasteiger partial charge in [-0.2, -0.15) is 0 Å². The van der Waals surface area contributed by atoms with E-state index in [1.807, 2.05) is 26.0 Å². The van der Waals surface area contributed by atoms with Crippen LogP contribution in [-0.2, 0) is 9.53 Å². The molecule has 0 radical (unpaired) electrons. The van der Waals surface area contributed by atoms with Gasteiger partial charge in [0, 0.05) is 12.5 Å². The van der Waals surface area contributed by atoms with E-state index in [-0.39, 0.29) is 0 Å². The standard InChI is InChI=1S/C24H36O4/c1-6-21-15-18(3)14-17(2)12-13-23(20(5)25)28-24(27)11-9-7-8-10-22(26)19(4)16-21/h7-9,11-12,14,16,20-23,25-26H,6,10,13,15H2,1-5H3/b8-7-,11-9-,17-12-,18-14-,19-16-/t20-,21+,22+,23+/m1/s1. The van der Waals surface area contributed by atoms with Gasteiger partial charge in [-0.15, -0.1) is 0 Å². The van der Waals surface area contributed by atoms with Gasteiger partial charge in [-0.25, -0.2) is 4.79 Å². The maximum atomic E-state index is 12.0. The predicted molar refractivity (Wildman–Crippen MR) is 115 cm³/mol. The van der Waals surface area contributed by atoms with Crippen molar-refractivity contribution in [2.45, 2.75) is 78.6 Å². The number of hydrogen-bond acceptors (Lipinski definition) is 4. The Morgan fingerprint density at radius 1 is 1.21 bits per heavy atom. The van der Waals surface area contributed by atoms with Crippen LogP contribution in [0.15, 0.2) is 59.3 Å². The smallest absolute Gasteiger partial charge is 0.331 e. The summed E-state index contributed by atoms with van der Waals surface area (Å²) in [7, 11) is 0. The van der Waals surface area contributed by atoms with Gasteiger partial charge in [0.1, 0.15) is 6.10 Å². The summed E-state index contributed by atoms with van der Waals surface area (Å²) in [6, 6.07) is 0. The predicted octanol–water partition coefficient (Wildman–Crippen LogP) is 4.80. The lowest BCUT2D eigenvalue weighted by Gasteiger charge is -2.18. The van der Waals surface area contributed by atoms with Crippen molar-refractivity contribution in [3.8, 4) is 0 Å². The second kappa shape index (κ2) is 12.5. The van der Waals surface area contributed by atoms with Crippen molar-refractivity contribution < 1.29 is 19.7 Å². The third-order valence-corrected chi connectivity index (χ3v) is 4.92. The van der Waals surface area contributed by atoms with Crippen molar-refractivity contribution >= 4 is 5.97 Å². The molecule has 0 aromatic carbocycles. The van der Waals surface area contributed by atoms with Gasteiger partial charge in [0.25, 0.3) is 0 Å². The molecule has 4 nitrogen and oxygen atoms in total. The first-order valence-corrected chi connectivity index (χ1v) is 10.1. The summed E-state index contributed by atoms with van der Waals surface area (Å²) >= 11 is 0. The van der Waals surface area contributed by atoms with Crippen molar-refractivity contribution in [3.63, 3.8) is 0 Å². The Hall–Kier alpha value is -1.91. The van der Waals surface area contributed by atoms with Crippen molar-refractivity contribution in [2.24, 2.45) is 5.92 Å². The maximum Gasteiger partial charge on any atom is 0.331 e. The van der Waals surface area contributed by atoms with Crippen LogP contribution in [0.2, 0.25) is 0 Å². The quantitative estimate of drug-likeness (QED) is 0.527. The molecule has 4 heteroatoms. The van der Waals surface area contributed by atoms with Crippen LogP contribution >= 0.6 is 0 Å². The third-order valence-electron chi connectivity index (χ3n) is 4.92. The topological polar surface area (TPSA) is 66.8 Å². The highest BCUT2D eigenvalue weighted by atomic mass is 16.6. The van der Waals surface area contributed by atoms with E-state index >= 15 is 0 Å². The number of ether oxygens (including phenoxy) is 1. The number of cyclic esters (lactones) is 1. The number of carbonyl (C=O) groups is 1. The number of carbonyl (C=O) groups excluding carboxylic acids is 1. The summed E-state index contributed by atoms with van der Waals surface area (Å²) in [5.74, 6) is -0.107. The Kier molecular flexibility index (Phi) is 10.8. The molecule has 2 N–H and O–H groups in total. The lowest BCUT2D eigenvalue weighted by Crippen LogP contribution is -2.28. The largest absolute Gasteiger partial charge is 0.456 e. The fraction of sp³-hybridized carbons (Fsp3) is 0.542. The molecule has 0 amide bonds. The third kappa shape index (κ3) is 9.34. The molecule has 4 atom stereocenters. The summed E-state index contributed by atoms with van der Waals surface area (Å²) < 4.78 is 5.37. The first kappa shape index (κ1) is 24.1. The van der Waals surface area contributed by atoms with Crippen LogP contribution in [0.4, 0.5) is 0 Å². The molecule has 0 bridgehead atoms. The molecule has 0 unspecified atom stereocenters. The Balaban J connectivity index is 3.12. The Labute approximate surface area is 170 Å². The van der Waals surface area contributed by atoms with E-state index in [0.29, 0.717) is 18.8 Å². The van der Waals surface area contributed by atoms with Gasteiger partial charge in [0.2, 0.25) is 0 Å². The Bertz CT molecular complexity index is 650. The number of aliphatic hydroxyl groups is 2. The molecule has 1 aliphatic rings. The summed E-state index contributed by atoms with van der Waals surface area (Å²) in [6.07, 6.45) is 13.8. The van der Waals surface area contributed by atoms with Gasteiger partial charge in [-0.1, -0.05) is 54.5 Å². The maximum absolute atomic E-state index is 12.0. The van der Waals surface area contributed by atoms with E-state index in [4.69, 9.17) is 4.74 Å². The molecule has 1 rings (SSSR count). The van der Waals surface area contributed by atoms with Crippen LogP contribution in [0.5, 0.6) is 0 Å². The molecule has 28 heavy (non-hydrogen) atoms. The molecule has 0 aliphatic carbocycles. The van der Waals surface area contributed by atoms with Gasteiger partial charge in [0.15, 0.2) is 0 Å². The molecule has 0 saturated carbocycles. The normalized spacial score (nSPS) is 34.9. The van der Waals surface area contributed by atoms with E-state index in [9.17, 15) is 15.0 Å². The Morgan fingerprint density at radius 3 is 2.57 bits per heavy atom. The number of allylic oxidation sites excluding steroid dienone is 6. The zero-order chi connectivity index (χ0) is 21.1. The summed E-state index contributed by atoms with van der Waals surface area (Å²) in [6.45, 7) is 9.87. The molecule has 0 saturated heterocycles. The van der Waals surface area contributed by atoms with E-state index in [2.05, 4.69) is 26.0 Å². The zero-order valence-electron chi connectivity index (χ0n) is 17.9. The van der Waals surface area contributed by atoms with Crippen molar-refractivity contribution in [1.29, 1.82) is 0 Å². The second-order valence-corrected chi connectivity index (χ2v) is 7.71. The highest BCUT2D eigenvalue weighted by Gasteiger charge is 2.17. The minimum atomic E-state index is -0.750. The number of hydrogen-bond donors (Lipinski definition) is 2. The van der Waals surface area contributed by atoms with Crippen LogP contribution in [-0.4, -0.2) is 34.5 Å². The summed E-state index contributed by atoms with van der Waals surface area (Å²) in [4.78, 5) is 12.0. The van der Waals surface area contributed by atoms with Crippen molar-refractivity contribution in [3.05, 3.63) is 59.3 Å². The summed E-state index contributed by atoms with van der Waals surface area (Å²) in [5.41, 5.74) is 3.31. The lowest BCUT2D eigenvalue weighted by atomic mass is 9.92. The van der Waals surface area contributed by atoms with Crippen molar-refractivity contribution in [1.82, 2.24) is 0 Å². The lowest BCUT2D eigenvalue weighted by molar-refractivity contribution is -0.148. The Morgan fingerprint density at radius 2 is 1.93 bits per heavy atom. The van der Waals surface area contributed by atoms with Gasteiger partial charge < -0.3 is 14.9 Å². The fourth-order valence-electron chi connectivity index (χ4n) is 3.16. The molecule has 0 aromatic rings. The van der Waals surface area contributed by atoms with E-state index in [1.54, 1.807) is 19.1 Å². The van der Waals surface area contributed by atoms with Crippen LogP contribution in [0.1, 0.15) is 60.3 Å². The molecular formula is C24H36O4. The molecule has 0 aromatic heterocycles. The van der Waals surface area contributed by atoms with Gasteiger partial charge in [0.05, 0.1) is 12.2 Å². The van der Waals surface area contributed by atoms with E-state index in [0.717, 1.165) is 24.0 Å². The number of aliphatic hydroxyl groups excluding tert-OH is 2. The molecule has 0 spiro atoms. The average Bonchev–Trinajstić information content (AvgIpc) is 2.62. The molecule has 0 fully saturated rings. The van der Waals surface area contributed by atoms with E-state index < -0.39 is 24.3 Å². The van der Waals surface area contributed by atoms with Crippen molar-refractivity contribution in [2.75, 3.05) is 0 Å². The molecule has 156 valence electrons. The number of rotatable bonds is 2. The fourth-order valence-corrected chi connectivity index (χ4v) is 3.16. The van der Waals surface area contributed by atoms with Crippen LogP contribution < -0.4 is 0 Å². The van der Waals surface area contributed by atoms with Crippen LogP contribution in [0.3, 0.4) is 0 Å². The number of esters is 1. The van der Waals surface area contributed by atoms with Gasteiger partial charge in [-0.3, -0.25) is 0 Å². The van der Waals surface area contributed by atoms with Crippen LogP contribution in [0.25, 0.3) is 0 Å². The molecule has 1 heterocycles. The molecule has 1 aliphatic heterocycles. The molecular weight excluding hydrogens is 352 g/mol. The summed E-state index contributed by atoms with van der Waals surface area (Å²) in [5, 5.41) is 20.3. The second-order valence-electron chi connectivity index (χ2n) is 7.71. The minimum Gasteiger partial charge on any atom is -0.456 e. The zero-order valence-corrected chi connectivity index (χ0v) is 17.9. The highest BCUT2D eigenvalue weighted by Crippen LogP contribution is 2.21. The highest BCUT2D eigenvalue weighted by molar-refractivity contribution is 5.82. The minimum absolute atomic E-state index is 0.382. The van der Waals surface area contributed by atoms with Gasteiger partial charge >= 0.3 is 5.97 Å². The monoisotopic (exact) mass is 388 g/mol. The van der Waals surface area contributed by atoms with E-state index in [1.165, 1.54) is 11.6 Å². The average molecular weight is 389 g/mol. The first-order valence-electron chi connectivity index (χ1n) is 10.1. The van der Waals surface area contributed by atoms with Gasteiger partial charge in [-0.05, 0) is 58.4 Å². The first-order chi connectivity index (χ1) is 13.2. The SMILES string of the molecule is CC[C@@H]1/C=C(/C)[C@@H](O)C/C=C\C=C/C(=O)O[C@H]([C@@H](C)O)C/C=C(C)\C=C(\C)C1.